The number of piperidine rings is 1. The number of amides is 1. The maximum absolute atomic E-state index is 12.7. The lowest BCUT2D eigenvalue weighted by molar-refractivity contribution is -0.140. The van der Waals surface area contributed by atoms with Crippen molar-refractivity contribution in [3.8, 4) is 5.75 Å². The quantitative estimate of drug-likeness (QED) is 0.715. The molecule has 3 rings (SSSR count). The number of rotatable bonds is 8. The van der Waals surface area contributed by atoms with E-state index in [-0.39, 0.29) is 19.1 Å². The molecule has 0 bridgehead atoms. The maximum atomic E-state index is 12.7. The van der Waals surface area contributed by atoms with Crippen LogP contribution in [0.1, 0.15) is 25.0 Å². The van der Waals surface area contributed by atoms with Gasteiger partial charge in [-0.1, -0.05) is 23.7 Å². The minimum absolute atomic E-state index is 0.0544. The largest absolute Gasteiger partial charge is 0.490 e. The van der Waals surface area contributed by atoms with E-state index in [0.29, 0.717) is 43.2 Å². The number of hydrogen-bond acceptors (Lipinski definition) is 5. The predicted octanol–water partition coefficient (Wildman–Crippen LogP) is 2.99. The van der Waals surface area contributed by atoms with Gasteiger partial charge in [-0.25, -0.2) is 0 Å². The molecule has 1 amide bonds. The van der Waals surface area contributed by atoms with Crippen LogP contribution in [-0.4, -0.2) is 64.7 Å². The Morgan fingerprint density at radius 3 is 2.97 bits per heavy atom. The number of carbonyl (C=O) groups is 1. The number of benzene rings is 1. The van der Waals surface area contributed by atoms with Crippen LogP contribution >= 0.6 is 11.6 Å². The van der Waals surface area contributed by atoms with Crippen LogP contribution in [0.4, 0.5) is 0 Å². The van der Waals surface area contributed by atoms with Crippen molar-refractivity contribution in [3.05, 3.63) is 59.4 Å². The van der Waals surface area contributed by atoms with E-state index < -0.39 is 5.60 Å². The molecule has 1 N–H and O–H groups in total. The lowest BCUT2D eigenvalue weighted by atomic mass is 9.93. The van der Waals surface area contributed by atoms with Crippen molar-refractivity contribution in [3.63, 3.8) is 0 Å². The summed E-state index contributed by atoms with van der Waals surface area (Å²) in [5.41, 5.74) is -0.0660. The first-order valence-corrected chi connectivity index (χ1v) is 10.3. The van der Waals surface area contributed by atoms with Crippen LogP contribution in [0.3, 0.4) is 0 Å². The number of likely N-dealkylation sites (tertiary alicyclic amines) is 1. The zero-order valence-corrected chi connectivity index (χ0v) is 17.5. The first-order valence-electron chi connectivity index (χ1n) is 9.90. The van der Waals surface area contributed by atoms with E-state index in [1.165, 1.54) is 0 Å². The molecule has 0 aliphatic carbocycles. The Labute approximate surface area is 177 Å². The summed E-state index contributed by atoms with van der Waals surface area (Å²) in [7, 11) is 1.98. The summed E-state index contributed by atoms with van der Waals surface area (Å²) in [5, 5.41) is 11.5. The van der Waals surface area contributed by atoms with E-state index in [1.807, 2.05) is 25.2 Å². The predicted molar refractivity (Wildman–Crippen MR) is 113 cm³/mol. The molecule has 2 heterocycles. The Morgan fingerprint density at radius 1 is 1.34 bits per heavy atom. The lowest BCUT2D eigenvalue weighted by Gasteiger charge is -2.39. The summed E-state index contributed by atoms with van der Waals surface area (Å²) in [6, 6.07) is 12.9. The second kappa shape index (κ2) is 10.1. The van der Waals surface area contributed by atoms with Gasteiger partial charge in [-0.15, -0.1) is 0 Å². The van der Waals surface area contributed by atoms with Gasteiger partial charge in [0.2, 0.25) is 5.91 Å². The van der Waals surface area contributed by atoms with Crippen LogP contribution in [0.15, 0.2) is 48.7 Å². The Bertz CT molecular complexity index is 805. The van der Waals surface area contributed by atoms with Gasteiger partial charge in [0.05, 0.1) is 12.2 Å². The van der Waals surface area contributed by atoms with E-state index in [2.05, 4.69) is 9.88 Å². The normalized spacial score (nSPS) is 19.4. The number of aromatic nitrogens is 1. The van der Waals surface area contributed by atoms with Crippen LogP contribution in [0.2, 0.25) is 5.02 Å². The van der Waals surface area contributed by atoms with Crippen LogP contribution in [0, 0.1) is 0 Å². The van der Waals surface area contributed by atoms with Gasteiger partial charge in [-0.05, 0) is 50.2 Å². The number of pyridine rings is 1. The Balaban J connectivity index is 1.46. The number of aliphatic hydroxyl groups is 1. The fraction of sp³-hybridized carbons (Fsp3) is 0.455. The number of ether oxygens (including phenoxy) is 1. The van der Waals surface area contributed by atoms with Crippen LogP contribution in [0.25, 0.3) is 0 Å². The minimum Gasteiger partial charge on any atom is -0.490 e. The molecule has 1 atom stereocenters. The zero-order valence-electron chi connectivity index (χ0n) is 16.8. The Morgan fingerprint density at radius 2 is 2.21 bits per heavy atom. The highest BCUT2D eigenvalue weighted by Crippen LogP contribution is 2.24. The van der Waals surface area contributed by atoms with Gasteiger partial charge < -0.3 is 19.6 Å². The molecule has 0 radical (unpaired) electrons. The molecule has 29 heavy (non-hydrogen) atoms. The maximum Gasteiger partial charge on any atom is 0.223 e. The summed E-state index contributed by atoms with van der Waals surface area (Å²) in [4.78, 5) is 20.8. The van der Waals surface area contributed by atoms with Crippen LogP contribution < -0.4 is 4.74 Å². The second-order valence-corrected chi connectivity index (χ2v) is 8.13. The van der Waals surface area contributed by atoms with Crippen molar-refractivity contribution >= 4 is 17.5 Å². The van der Waals surface area contributed by atoms with Gasteiger partial charge in [0.15, 0.2) is 0 Å². The third kappa shape index (κ3) is 6.70. The fourth-order valence-electron chi connectivity index (χ4n) is 3.51. The van der Waals surface area contributed by atoms with E-state index >= 15 is 0 Å². The molecule has 0 saturated carbocycles. The average molecular weight is 418 g/mol. The number of halogens is 1. The third-order valence-electron chi connectivity index (χ3n) is 5.08. The van der Waals surface area contributed by atoms with Crippen LogP contribution in [-0.2, 0) is 11.3 Å². The molecule has 1 saturated heterocycles. The molecule has 0 spiro atoms. The van der Waals surface area contributed by atoms with Crippen molar-refractivity contribution in [2.75, 3.05) is 33.3 Å². The first kappa shape index (κ1) is 21.6. The summed E-state index contributed by atoms with van der Waals surface area (Å²) in [5.74, 6) is 0.671. The van der Waals surface area contributed by atoms with Crippen molar-refractivity contribution in [2.45, 2.75) is 31.4 Å². The zero-order chi connectivity index (χ0) is 20.7. The van der Waals surface area contributed by atoms with Gasteiger partial charge in [0, 0.05) is 37.3 Å². The van der Waals surface area contributed by atoms with Gasteiger partial charge in [-0.3, -0.25) is 9.78 Å². The van der Waals surface area contributed by atoms with Crippen molar-refractivity contribution in [1.29, 1.82) is 0 Å². The molecule has 2 aromatic rings. The standard InChI is InChI=1S/C22H28ClN3O3/c1-25(15-19-7-2-3-11-24-19)13-9-21(27)26-12-5-10-22(28,16-26)17-29-20-8-4-6-18(23)14-20/h2-4,6-8,11,14,28H,5,9-10,12-13,15-17H2,1H3. The molecule has 1 aliphatic rings. The highest BCUT2D eigenvalue weighted by Gasteiger charge is 2.36. The smallest absolute Gasteiger partial charge is 0.223 e. The molecular weight excluding hydrogens is 390 g/mol. The van der Waals surface area contributed by atoms with Gasteiger partial charge in [-0.2, -0.15) is 0 Å². The Kier molecular flexibility index (Phi) is 7.47. The van der Waals surface area contributed by atoms with E-state index in [9.17, 15) is 9.90 Å². The minimum atomic E-state index is -1.05. The summed E-state index contributed by atoms with van der Waals surface area (Å²) in [6.45, 7) is 2.43. The van der Waals surface area contributed by atoms with Crippen molar-refractivity contribution in [2.24, 2.45) is 0 Å². The second-order valence-electron chi connectivity index (χ2n) is 7.70. The summed E-state index contributed by atoms with van der Waals surface area (Å²) in [6.07, 6.45) is 3.55. The first-order chi connectivity index (χ1) is 13.9. The molecular formula is C22H28ClN3O3. The highest BCUT2D eigenvalue weighted by atomic mass is 35.5. The number of carbonyl (C=O) groups excluding carboxylic acids is 1. The van der Waals surface area contributed by atoms with E-state index in [0.717, 1.165) is 12.1 Å². The van der Waals surface area contributed by atoms with Crippen molar-refractivity contribution < 1.29 is 14.6 Å². The van der Waals surface area contributed by atoms with E-state index in [1.54, 1.807) is 35.4 Å². The molecule has 1 aliphatic heterocycles. The van der Waals surface area contributed by atoms with Gasteiger partial charge in [0.1, 0.15) is 18.0 Å². The summed E-state index contributed by atoms with van der Waals surface area (Å²) >= 11 is 5.97. The average Bonchev–Trinajstić information content (AvgIpc) is 2.71. The highest BCUT2D eigenvalue weighted by molar-refractivity contribution is 6.30. The number of β-amino-alcohol motifs (C(OH)–C–C–N with tert-alkyl or cyclic N) is 1. The molecule has 156 valence electrons. The molecule has 1 aromatic heterocycles. The number of hydrogen-bond donors (Lipinski definition) is 1. The molecule has 1 aromatic carbocycles. The SMILES string of the molecule is CN(CCC(=O)N1CCCC(O)(COc2cccc(Cl)c2)C1)Cc1ccccn1. The molecule has 1 unspecified atom stereocenters. The summed E-state index contributed by atoms with van der Waals surface area (Å²) < 4.78 is 5.73. The van der Waals surface area contributed by atoms with Crippen LogP contribution in [0.5, 0.6) is 5.75 Å². The molecule has 1 fully saturated rings. The molecule has 6 nitrogen and oxygen atoms in total. The molecule has 7 heteroatoms. The fourth-order valence-corrected chi connectivity index (χ4v) is 3.69. The number of nitrogens with zero attached hydrogens (tertiary/aromatic N) is 3. The third-order valence-corrected chi connectivity index (χ3v) is 5.31. The Hall–Kier alpha value is -2.15. The van der Waals surface area contributed by atoms with Gasteiger partial charge >= 0.3 is 0 Å². The topological polar surface area (TPSA) is 65.9 Å². The van der Waals surface area contributed by atoms with E-state index in [4.69, 9.17) is 16.3 Å². The van der Waals surface area contributed by atoms with Crippen molar-refractivity contribution in [1.82, 2.24) is 14.8 Å². The lowest BCUT2D eigenvalue weighted by Crippen LogP contribution is -2.53. The monoisotopic (exact) mass is 417 g/mol. The van der Waals surface area contributed by atoms with Gasteiger partial charge in [0.25, 0.3) is 0 Å².